The fraction of sp³-hybridized carbons (Fsp3) is 0.417. The van der Waals surface area contributed by atoms with Crippen LogP contribution in [0.5, 0.6) is 0 Å². The summed E-state index contributed by atoms with van der Waals surface area (Å²) < 4.78 is 33.4. The molecule has 0 saturated heterocycles. The van der Waals surface area contributed by atoms with E-state index in [1.807, 2.05) is 39.0 Å². The van der Waals surface area contributed by atoms with Crippen LogP contribution < -0.4 is 20.4 Å². The number of carbonyl (C=O) groups excluding carboxylic acids is 3. The van der Waals surface area contributed by atoms with E-state index in [1.165, 1.54) is 6.07 Å². The smallest absolute Gasteiger partial charge is 0.294 e. The number of amides is 2. The predicted molar refractivity (Wildman–Crippen MR) is 186 cm³/mol. The van der Waals surface area contributed by atoms with Gasteiger partial charge in [0, 0.05) is 65.9 Å². The fourth-order valence-corrected chi connectivity index (χ4v) is 7.17. The van der Waals surface area contributed by atoms with Crippen molar-refractivity contribution in [3.8, 4) is 0 Å². The van der Waals surface area contributed by atoms with Gasteiger partial charge in [0.15, 0.2) is 5.78 Å². The van der Waals surface area contributed by atoms with Crippen molar-refractivity contribution in [2.24, 2.45) is 0 Å². The Hall–Kier alpha value is -4.22. The lowest BCUT2D eigenvalue weighted by atomic mass is 9.79. The second-order valence-electron chi connectivity index (χ2n) is 13.0. The number of carbonyl (C=O) groups is 3. The summed E-state index contributed by atoms with van der Waals surface area (Å²) in [5.41, 5.74) is 4.44. The highest BCUT2D eigenvalue weighted by Gasteiger charge is 2.43. The Morgan fingerprint density at radius 3 is 2.30 bits per heavy atom. The summed E-state index contributed by atoms with van der Waals surface area (Å²) in [6, 6.07) is 10.3. The van der Waals surface area contributed by atoms with Gasteiger partial charge in [0.2, 0.25) is 5.91 Å². The molecule has 0 radical (unpaired) electrons. The Morgan fingerprint density at radius 1 is 0.957 bits per heavy atom. The first-order valence-corrected chi connectivity index (χ1v) is 17.4. The first-order valence-electron chi connectivity index (χ1n) is 15.9. The van der Waals surface area contributed by atoms with E-state index in [0.717, 1.165) is 34.7 Å². The third kappa shape index (κ3) is 7.21. The first kappa shape index (κ1) is 35.6. The van der Waals surface area contributed by atoms with Crippen molar-refractivity contribution in [1.29, 1.82) is 0 Å². The fourth-order valence-electron chi connectivity index (χ4n) is 6.66. The van der Waals surface area contributed by atoms with Crippen LogP contribution in [0, 0.1) is 0 Å². The van der Waals surface area contributed by atoms with Crippen LogP contribution in [0.3, 0.4) is 0 Å². The minimum absolute atomic E-state index is 0.0143. The van der Waals surface area contributed by atoms with E-state index in [9.17, 15) is 27.4 Å². The van der Waals surface area contributed by atoms with Crippen LogP contribution in [-0.2, 0) is 30.5 Å². The average Bonchev–Trinajstić information content (AvgIpc) is 3.38. The minimum atomic E-state index is -4.33. The largest absolute Gasteiger partial charge is 0.364 e. The number of Topliss-reactive ketones (excluding diaryl/α,β-unsaturated/α-hetero) is 1. The van der Waals surface area contributed by atoms with Gasteiger partial charge < -0.3 is 20.4 Å². The summed E-state index contributed by atoms with van der Waals surface area (Å²) in [7, 11) is -4.33. The maximum atomic E-state index is 13.0. The topological polar surface area (TPSA) is 136 Å². The van der Waals surface area contributed by atoms with Gasteiger partial charge in [0.05, 0.1) is 17.5 Å². The summed E-state index contributed by atoms with van der Waals surface area (Å²) in [5, 5.41) is 5.33. The summed E-state index contributed by atoms with van der Waals surface area (Å²) in [6.07, 6.45) is 7.95. The lowest BCUT2D eigenvalue weighted by Gasteiger charge is -2.31. The number of hydrogen-bond donors (Lipinski definition) is 3. The Morgan fingerprint density at radius 2 is 1.66 bits per heavy atom. The molecule has 252 valence electrons. The minimum Gasteiger partial charge on any atom is -0.364 e. The number of likely N-dealkylation sites (N-methyl/N-ethyl adjacent to an activating group) is 2. The molecular formula is C36H46N4O6S. The molecule has 10 nitrogen and oxygen atoms in total. The van der Waals surface area contributed by atoms with Gasteiger partial charge in [0.25, 0.3) is 16.0 Å². The zero-order valence-electron chi connectivity index (χ0n) is 28.1. The molecule has 2 amide bonds. The van der Waals surface area contributed by atoms with Gasteiger partial charge in [0.1, 0.15) is 0 Å². The highest BCUT2D eigenvalue weighted by Crippen LogP contribution is 2.49. The zero-order chi connectivity index (χ0) is 34.7. The molecule has 2 aliphatic rings. The molecule has 0 fully saturated rings. The van der Waals surface area contributed by atoms with E-state index in [1.54, 1.807) is 24.3 Å². The number of rotatable bonds is 13. The second kappa shape index (κ2) is 13.9. The first-order chi connectivity index (χ1) is 22.1. The molecule has 0 bridgehead atoms. The average molecular weight is 663 g/mol. The van der Waals surface area contributed by atoms with Crippen LogP contribution in [0.1, 0.15) is 75.9 Å². The van der Waals surface area contributed by atoms with Crippen molar-refractivity contribution in [2.75, 3.05) is 36.0 Å². The SMILES string of the molecule is C=CCNC(=O)CCC(=O)CNC(=O)c1ccc2c(c1)C(C)(C)C(/C=C/C=C1/N(CC)c3ccc(S(=O)(=O)O)cc3C1(C)C)N2CC. The van der Waals surface area contributed by atoms with Crippen LogP contribution in [0.15, 0.2) is 77.9 Å². The Bertz CT molecular complexity index is 1740. The standard InChI is InChI=1S/C36H46N4O6S/c1-8-20-37-33(42)19-15-25(41)23-38-34(43)24-14-17-29-27(21-24)35(4,5)31(39(29)9-2)12-11-13-32-36(6,7)28-22-26(47(44,45)46)16-18-30(28)40(32)10-3/h8,11-14,16-18,21-22,31H,1,9-10,15,19-20,23H2,2-7H3,(H,37,42)(H,38,43)(H,44,45,46)/b12-11+,32-13+. The quantitative estimate of drug-likeness (QED) is 0.200. The molecule has 47 heavy (non-hydrogen) atoms. The van der Waals surface area contributed by atoms with Gasteiger partial charge in [-0.25, -0.2) is 0 Å². The van der Waals surface area contributed by atoms with Crippen LogP contribution in [0.25, 0.3) is 0 Å². The van der Waals surface area contributed by atoms with Gasteiger partial charge in [-0.1, -0.05) is 45.9 Å². The Labute approximate surface area is 278 Å². The van der Waals surface area contributed by atoms with Crippen molar-refractivity contribution < 1.29 is 27.4 Å². The van der Waals surface area contributed by atoms with Crippen molar-refractivity contribution in [2.45, 2.75) is 76.2 Å². The van der Waals surface area contributed by atoms with Gasteiger partial charge in [-0.3, -0.25) is 18.9 Å². The highest BCUT2D eigenvalue weighted by molar-refractivity contribution is 7.85. The number of hydrogen-bond acceptors (Lipinski definition) is 7. The summed E-state index contributed by atoms with van der Waals surface area (Å²) in [5.74, 6) is -0.807. The monoisotopic (exact) mass is 662 g/mol. The summed E-state index contributed by atoms with van der Waals surface area (Å²) in [6.45, 7) is 17.7. The van der Waals surface area contributed by atoms with Crippen LogP contribution in [0.2, 0.25) is 0 Å². The number of nitrogens with one attached hydrogen (secondary N) is 2. The molecule has 2 aliphatic heterocycles. The van der Waals surface area contributed by atoms with Gasteiger partial charge in [-0.05, 0) is 67.4 Å². The summed E-state index contributed by atoms with van der Waals surface area (Å²) in [4.78, 5) is 41.4. The number of nitrogens with zero attached hydrogens (tertiary/aromatic N) is 2. The van der Waals surface area contributed by atoms with Crippen LogP contribution in [-0.4, -0.2) is 62.8 Å². The molecule has 1 atom stereocenters. The van der Waals surface area contributed by atoms with E-state index in [4.69, 9.17) is 0 Å². The number of ketones is 1. The molecule has 4 rings (SSSR count). The van der Waals surface area contributed by atoms with E-state index in [-0.39, 0.29) is 53.3 Å². The van der Waals surface area contributed by atoms with Gasteiger partial charge >= 0.3 is 0 Å². The van der Waals surface area contributed by atoms with E-state index >= 15 is 0 Å². The molecule has 0 aliphatic carbocycles. The maximum Gasteiger partial charge on any atom is 0.294 e. The molecule has 1 unspecified atom stereocenters. The molecule has 2 heterocycles. The number of anilines is 2. The van der Waals surface area contributed by atoms with E-state index < -0.39 is 15.5 Å². The number of fused-ring (bicyclic) bond motifs is 2. The number of benzene rings is 2. The molecular weight excluding hydrogens is 616 g/mol. The van der Waals surface area contributed by atoms with Crippen molar-refractivity contribution >= 4 is 39.1 Å². The molecule has 3 N–H and O–H groups in total. The second-order valence-corrected chi connectivity index (χ2v) is 14.4. The zero-order valence-corrected chi connectivity index (χ0v) is 28.9. The maximum absolute atomic E-state index is 13.0. The molecule has 0 spiro atoms. The Kier molecular flexibility index (Phi) is 10.5. The lowest BCUT2D eigenvalue weighted by molar-refractivity contribution is -0.124. The molecule has 11 heteroatoms. The third-order valence-electron chi connectivity index (χ3n) is 9.22. The molecule has 2 aromatic rings. The molecule has 0 aromatic heterocycles. The Balaban J connectivity index is 1.52. The normalized spacial score (nSPS) is 18.7. The lowest BCUT2D eigenvalue weighted by Crippen LogP contribution is -2.39. The van der Waals surface area contributed by atoms with Crippen LogP contribution >= 0.6 is 0 Å². The predicted octanol–water partition coefficient (Wildman–Crippen LogP) is 5.06. The highest BCUT2D eigenvalue weighted by atomic mass is 32.2. The van der Waals surface area contributed by atoms with Crippen LogP contribution in [0.4, 0.5) is 11.4 Å². The van der Waals surface area contributed by atoms with Gasteiger partial charge in [-0.15, -0.1) is 6.58 Å². The molecule has 2 aromatic carbocycles. The number of allylic oxidation sites excluding steroid dienone is 3. The van der Waals surface area contributed by atoms with E-state index in [2.05, 4.69) is 59.9 Å². The van der Waals surface area contributed by atoms with E-state index in [0.29, 0.717) is 18.7 Å². The van der Waals surface area contributed by atoms with Crippen molar-refractivity contribution in [3.05, 3.63) is 89.7 Å². The van der Waals surface area contributed by atoms with Crippen molar-refractivity contribution in [1.82, 2.24) is 10.6 Å². The van der Waals surface area contributed by atoms with Crippen molar-refractivity contribution in [3.63, 3.8) is 0 Å². The molecule has 0 saturated carbocycles. The third-order valence-corrected chi connectivity index (χ3v) is 10.1. The summed E-state index contributed by atoms with van der Waals surface area (Å²) >= 11 is 0. The van der Waals surface area contributed by atoms with Gasteiger partial charge in [-0.2, -0.15) is 8.42 Å².